The van der Waals surface area contributed by atoms with Crippen molar-refractivity contribution in [1.82, 2.24) is 0 Å². The molecule has 2 aromatic rings. The van der Waals surface area contributed by atoms with Crippen molar-refractivity contribution < 1.29 is 13.9 Å². The number of anilines is 1. The highest BCUT2D eigenvalue weighted by atomic mass is 35.5. The van der Waals surface area contributed by atoms with Gasteiger partial charge in [0.1, 0.15) is 12.4 Å². The highest BCUT2D eigenvalue weighted by Gasteiger charge is 2.12. The molecule has 1 amide bonds. The molecule has 2 rings (SSSR count). The van der Waals surface area contributed by atoms with Crippen LogP contribution in [-0.2, 0) is 0 Å². The number of benzene rings is 1. The first kappa shape index (κ1) is 13.5. The summed E-state index contributed by atoms with van der Waals surface area (Å²) in [7, 11) is 0. The molecule has 0 aliphatic carbocycles. The van der Waals surface area contributed by atoms with E-state index in [1.165, 1.54) is 12.3 Å². The summed E-state index contributed by atoms with van der Waals surface area (Å²) in [6, 6.07) is 8.48. The molecule has 19 heavy (non-hydrogen) atoms. The third kappa shape index (κ3) is 3.49. The fourth-order valence-electron chi connectivity index (χ4n) is 1.47. The van der Waals surface area contributed by atoms with Crippen molar-refractivity contribution >= 4 is 23.2 Å². The summed E-state index contributed by atoms with van der Waals surface area (Å²) in [5.41, 5.74) is 6.27. The molecule has 100 valence electrons. The number of hydrogen-bond donors (Lipinski definition) is 2. The van der Waals surface area contributed by atoms with E-state index in [2.05, 4.69) is 5.32 Å². The average molecular weight is 281 g/mol. The predicted octanol–water partition coefficient (Wildman–Crippen LogP) is 2.52. The van der Waals surface area contributed by atoms with E-state index in [9.17, 15) is 4.79 Å². The summed E-state index contributed by atoms with van der Waals surface area (Å²) >= 11 is 5.72. The van der Waals surface area contributed by atoms with E-state index in [-0.39, 0.29) is 11.1 Å². The number of ether oxygens (including phenoxy) is 1. The first-order chi connectivity index (χ1) is 9.20. The Morgan fingerprint density at radius 2 is 2.05 bits per heavy atom. The van der Waals surface area contributed by atoms with Gasteiger partial charge >= 0.3 is 0 Å². The molecular formula is C13H13ClN2O3. The molecule has 0 fully saturated rings. The number of rotatable bonds is 5. The van der Waals surface area contributed by atoms with Crippen molar-refractivity contribution in [2.75, 3.05) is 18.5 Å². The number of amides is 1. The normalized spacial score (nSPS) is 10.2. The van der Waals surface area contributed by atoms with Crippen LogP contribution in [0, 0.1) is 0 Å². The Morgan fingerprint density at radius 1 is 1.32 bits per heavy atom. The van der Waals surface area contributed by atoms with Crippen LogP contribution >= 0.6 is 11.6 Å². The van der Waals surface area contributed by atoms with Gasteiger partial charge in [-0.3, -0.25) is 4.79 Å². The molecule has 0 aliphatic rings. The Morgan fingerprint density at radius 3 is 2.63 bits per heavy atom. The molecule has 0 aliphatic heterocycles. The van der Waals surface area contributed by atoms with Crippen LogP contribution in [0.5, 0.6) is 5.75 Å². The Balaban J connectivity index is 2.00. The second-order valence-corrected chi connectivity index (χ2v) is 4.07. The molecule has 5 nitrogen and oxygen atoms in total. The molecule has 1 heterocycles. The van der Waals surface area contributed by atoms with Gasteiger partial charge in [-0.2, -0.15) is 0 Å². The van der Waals surface area contributed by atoms with Crippen molar-refractivity contribution in [2.45, 2.75) is 0 Å². The van der Waals surface area contributed by atoms with Gasteiger partial charge in [-0.15, -0.1) is 0 Å². The number of carbonyl (C=O) groups is 1. The minimum Gasteiger partial charge on any atom is -0.492 e. The van der Waals surface area contributed by atoms with Crippen molar-refractivity contribution in [3.05, 3.63) is 47.4 Å². The van der Waals surface area contributed by atoms with Crippen LogP contribution in [0.2, 0.25) is 5.22 Å². The molecule has 1 aromatic carbocycles. The highest BCUT2D eigenvalue weighted by molar-refractivity contribution is 6.32. The third-order valence-corrected chi connectivity index (χ3v) is 2.65. The lowest BCUT2D eigenvalue weighted by molar-refractivity contribution is 0.102. The first-order valence-corrected chi connectivity index (χ1v) is 6.06. The lowest BCUT2D eigenvalue weighted by Crippen LogP contribution is -2.12. The van der Waals surface area contributed by atoms with Crippen LogP contribution < -0.4 is 15.8 Å². The molecular weight excluding hydrogens is 268 g/mol. The molecule has 0 saturated carbocycles. The van der Waals surface area contributed by atoms with Gasteiger partial charge in [0, 0.05) is 12.2 Å². The van der Waals surface area contributed by atoms with Crippen LogP contribution in [0.15, 0.2) is 41.0 Å². The zero-order valence-electron chi connectivity index (χ0n) is 10.1. The van der Waals surface area contributed by atoms with Gasteiger partial charge in [0.15, 0.2) is 0 Å². The van der Waals surface area contributed by atoms with Crippen LogP contribution in [0.3, 0.4) is 0 Å². The summed E-state index contributed by atoms with van der Waals surface area (Å²) in [6.07, 6.45) is 1.36. The van der Waals surface area contributed by atoms with Crippen molar-refractivity contribution in [3.8, 4) is 5.75 Å². The van der Waals surface area contributed by atoms with E-state index in [1.54, 1.807) is 24.3 Å². The average Bonchev–Trinajstić information content (AvgIpc) is 2.84. The zero-order valence-corrected chi connectivity index (χ0v) is 10.8. The number of nitrogens with one attached hydrogen (secondary N) is 1. The molecule has 0 unspecified atom stereocenters. The Labute approximate surface area is 115 Å². The van der Waals surface area contributed by atoms with E-state index < -0.39 is 0 Å². The topological polar surface area (TPSA) is 77.5 Å². The summed E-state index contributed by atoms with van der Waals surface area (Å²) in [5.74, 6) is 0.374. The SMILES string of the molecule is NCCOc1ccc(NC(=O)c2ccoc2Cl)cc1. The van der Waals surface area contributed by atoms with E-state index in [4.69, 9.17) is 26.5 Å². The number of hydrogen-bond acceptors (Lipinski definition) is 4. The fourth-order valence-corrected chi connectivity index (χ4v) is 1.67. The van der Waals surface area contributed by atoms with Gasteiger partial charge < -0.3 is 20.2 Å². The monoisotopic (exact) mass is 280 g/mol. The molecule has 0 bridgehead atoms. The van der Waals surface area contributed by atoms with Gasteiger partial charge in [0.05, 0.1) is 11.8 Å². The molecule has 1 aromatic heterocycles. The summed E-state index contributed by atoms with van der Waals surface area (Å²) in [6.45, 7) is 0.911. The van der Waals surface area contributed by atoms with Crippen molar-refractivity contribution in [2.24, 2.45) is 5.73 Å². The molecule has 0 spiro atoms. The van der Waals surface area contributed by atoms with Crippen molar-refractivity contribution in [3.63, 3.8) is 0 Å². The number of halogens is 1. The quantitative estimate of drug-likeness (QED) is 0.882. The second kappa shape index (κ2) is 6.26. The summed E-state index contributed by atoms with van der Waals surface area (Å²) < 4.78 is 10.2. The van der Waals surface area contributed by atoms with Crippen LogP contribution in [-0.4, -0.2) is 19.1 Å². The van der Waals surface area contributed by atoms with Gasteiger partial charge in [-0.05, 0) is 41.9 Å². The molecule has 0 atom stereocenters. The first-order valence-electron chi connectivity index (χ1n) is 5.68. The van der Waals surface area contributed by atoms with E-state index in [0.717, 1.165) is 0 Å². The largest absolute Gasteiger partial charge is 0.492 e. The molecule has 0 saturated heterocycles. The summed E-state index contributed by atoms with van der Waals surface area (Å²) in [5, 5.41) is 2.77. The maximum atomic E-state index is 11.8. The molecule has 6 heteroatoms. The smallest absolute Gasteiger partial charge is 0.260 e. The number of nitrogens with two attached hydrogens (primary N) is 1. The Hall–Kier alpha value is -1.98. The van der Waals surface area contributed by atoms with E-state index >= 15 is 0 Å². The minimum atomic E-state index is -0.325. The van der Waals surface area contributed by atoms with Crippen molar-refractivity contribution in [1.29, 1.82) is 0 Å². The standard InChI is InChI=1S/C13H13ClN2O3/c14-12-11(5-7-19-12)13(17)16-9-1-3-10(4-2-9)18-8-6-15/h1-5,7H,6,8,15H2,(H,16,17). The van der Waals surface area contributed by atoms with Gasteiger partial charge in [0.25, 0.3) is 5.91 Å². The summed E-state index contributed by atoms with van der Waals surface area (Å²) in [4.78, 5) is 11.8. The number of furan rings is 1. The van der Waals surface area contributed by atoms with Gasteiger partial charge in [0.2, 0.25) is 5.22 Å². The minimum absolute atomic E-state index is 0.0698. The van der Waals surface area contributed by atoms with E-state index in [1.807, 2.05) is 0 Å². The molecule has 3 N–H and O–H groups in total. The van der Waals surface area contributed by atoms with E-state index in [0.29, 0.717) is 30.2 Å². The van der Waals surface area contributed by atoms with Gasteiger partial charge in [-0.1, -0.05) is 0 Å². The zero-order chi connectivity index (χ0) is 13.7. The lowest BCUT2D eigenvalue weighted by Gasteiger charge is -2.07. The molecule has 0 radical (unpaired) electrons. The second-order valence-electron chi connectivity index (χ2n) is 3.72. The van der Waals surface area contributed by atoms with Gasteiger partial charge in [-0.25, -0.2) is 0 Å². The Kier molecular flexibility index (Phi) is 4.43. The van der Waals surface area contributed by atoms with Crippen LogP contribution in [0.1, 0.15) is 10.4 Å². The maximum absolute atomic E-state index is 11.8. The lowest BCUT2D eigenvalue weighted by atomic mass is 10.2. The fraction of sp³-hybridized carbons (Fsp3) is 0.154. The highest BCUT2D eigenvalue weighted by Crippen LogP contribution is 2.20. The maximum Gasteiger partial charge on any atom is 0.260 e. The van der Waals surface area contributed by atoms with Crippen LogP contribution in [0.4, 0.5) is 5.69 Å². The third-order valence-electron chi connectivity index (χ3n) is 2.36. The van der Waals surface area contributed by atoms with Crippen LogP contribution in [0.25, 0.3) is 0 Å². The number of carbonyl (C=O) groups excluding carboxylic acids is 1. The Bertz CT molecular complexity index is 551. The predicted molar refractivity (Wildman–Crippen MR) is 72.7 cm³/mol.